The van der Waals surface area contributed by atoms with Crippen LogP contribution in [0.4, 0.5) is 0 Å². The van der Waals surface area contributed by atoms with Gasteiger partial charge in [0.2, 0.25) is 0 Å². The van der Waals surface area contributed by atoms with Gasteiger partial charge in [0.1, 0.15) is 11.5 Å². The van der Waals surface area contributed by atoms with Crippen LogP contribution >= 0.6 is 31.9 Å². The molecule has 1 aromatic heterocycles. The molecule has 0 spiro atoms. The van der Waals surface area contributed by atoms with Crippen molar-refractivity contribution in [2.45, 2.75) is 6.54 Å². The SMILES string of the molecule is O=C(NCc1ccc(-c2ccc(Br)cc2)o1)c1cccc2c(Br)cccc12. The van der Waals surface area contributed by atoms with E-state index in [1.54, 1.807) is 0 Å². The molecule has 3 nitrogen and oxygen atoms in total. The Hall–Kier alpha value is -2.37. The highest BCUT2D eigenvalue weighted by molar-refractivity contribution is 9.11. The van der Waals surface area contributed by atoms with E-state index < -0.39 is 0 Å². The highest BCUT2D eigenvalue weighted by Gasteiger charge is 2.12. The second kappa shape index (κ2) is 7.71. The van der Waals surface area contributed by atoms with Crippen molar-refractivity contribution in [1.82, 2.24) is 5.32 Å². The Kier molecular flexibility index (Phi) is 5.14. The van der Waals surface area contributed by atoms with Crippen molar-refractivity contribution in [2.75, 3.05) is 0 Å². The molecule has 0 aliphatic rings. The van der Waals surface area contributed by atoms with Crippen LogP contribution in [0.5, 0.6) is 0 Å². The lowest BCUT2D eigenvalue weighted by atomic mass is 10.0. The molecule has 5 heteroatoms. The molecule has 0 saturated heterocycles. The molecule has 0 radical (unpaired) electrons. The van der Waals surface area contributed by atoms with Crippen molar-refractivity contribution in [2.24, 2.45) is 0 Å². The maximum atomic E-state index is 12.7. The van der Waals surface area contributed by atoms with E-state index in [1.165, 1.54) is 0 Å². The van der Waals surface area contributed by atoms with E-state index in [9.17, 15) is 4.79 Å². The van der Waals surface area contributed by atoms with Gasteiger partial charge in [0.15, 0.2) is 0 Å². The van der Waals surface area contributed by atoms with E-state index in [2.05, 4.69) is 37.2 Å². The molecule has 0 aliphatic carbocycles. The summed E-state index contributed by atoms with van der Waals surface area (Å²) in [5, 5.41) is 4.88. The molecule has 134 valence electrons. The van der Waals surface area contributed by atoms with Gasteiger partial charge < -0.3 is 9.73 Å². The summed E-state index contributed by atoms with van der Waals surface area (Å²) in [6.07, 6.45) is 0. The number of nitrogens with one attached hydrogen (secondary N) is 1. The first kappa shape index (κ1) is 18.0. The Bertz CT molecular complexity index is 1120. The molecule has 0 unspecified atom stereocenters. The van der Waals surface area contributed by atoms with Crippen molar-refractivity contribution >= 4 is 48.5 Å². The maximum absolute atomic E-state index is 12.7. The summed E-state index contributed by atoms with van der Waals surface area (Å²) in [4.78, 5) is 12.7. The fraction of sp³-hybridized carbons (Fsp3) is 0.0455. The van der Waals surface area contributed by atoms with Crippen LogP contribution in [0.3, 0.4) is 0 Å². The van der Waals surface area contributed by atoms with Crippen LogP contribution in [0.25, 0.3) is 22.1 Å². The van der Waals surface area contributed by atoms with E-state index in [-0.39, 0.29) is 5.91 Å². The van der Waals surface area contributed by atoms with Crippen LogP contribution < -0.4 is 5.32 Å². The predicted octanol–water partition coefficient (Wildman–Crippen LogP) is 6.55. The largest absolute Gasteiger partial charge is 0.459 e. The minimum atomic E-state index is -0.125. The third-order valence-corrected chi connectivity index (χ3v) is 5.55. The minimum Gasteiger partial charge on any atom is -0.459 e. The highest BCUT2D eigenvalue weighted by atomic mass is 79.9. The summed E-state index contributed by atoms with van der Waals surface area (Å²) in [5.74, 6) is 1.36. The lowest BCUT2D eigenvalue weighted by molar-refractivity contribution is 0.0950. The summed E-state index contributed by atoms with van der Waals surface area (Å²) in [7, 11) is 0. The standard InChI is InChI=1S/C22H15Br2NO2/c23-15-9-7-14(8-10-15)21-12-11-16(27-21)13-25-22(26)19-5-1-4-18-17(19)3-2-6-20(18)24/h1-12H,13H2,(H,25,26). The molecule has 0 aliphatic heterocycles. The molecule has 1 amide bonds. The zero-order chi connectivity index (χ0) is 18.8. The first-order chi connectivity index (χ1) is 13.1. The van der Waals surface area contributed by atoms with E-state index in [4.69, 9.17) is 4.42 Å². The number of fused-ring (bicyclic) bond motifs is 1. The minimum absolute atomic E-state index is 0.125. The predicted molar refractivity (Wildman–Crippen MR) is 115 cm³/mol. The van der Waals surface area contributed by atoms with Crippen LogP contribution in [0, 0.1) is 0 Å². The second-order valence-electron chi connectivity index (χ2n) is 6.10. The molecule has 1 N–H and O–H groups in total. The molecular weight excluding hydrogens is 470 g/mol. The molecule has 1 heterocycles. The highest BCUT2D eigenvalue weighted by Crippen LogP contribution is 2.27. The zero-order valence-electron chi connectivity index (χ0n) is 14.2. The molecule has 0 fully saturated rings. The number of rotatable bonds is 4. The first-order valence-corrected chi connectivity index (χ1v) is 10.0. The normalized spacial score (nSPS) is 10.9. The first-order valence-electron chi connectivity index (χ1n) is 8.42. The topological polar surface area (TPSA) is 42.2 Å². The molecule has 0 saturated carbocycles. The van der Waals surface area contributed by atoms with Gasteiger partial charge in [0.05, 0.1) is 6.54 Å². The monoisotopic (exact) mass is 483 g/mol. The van der Waals surface area contributed by atoms with E-state index >= 15 is 0 Å². The summed E-state index contributed by atoms with van der Waals surface area (Å²) in [5.41, 5.74) is 1.64. The number of amides is 1. The van der Waals surface area contributed by atoms with Crippen molar-refractivity contribution in [3.8, 4) is 11.3 Å². The lowest BCUT2D eigenvalue weighted by Crippen LogP contribution is -2.22. The number of halogens is 2. The van der Waals surface area contributed by atoms with Crippen LogP contribution in [-0.4, -0.2) is 5.91 Å². The van der Waals surface area contributed by atoms with E-state index in [1.807, 2.05) is 72.8 Å². The molecular formula is C22H15Br2NO2. The van der Waals surface area contributed by atoms with Gasteiger partial charge in [0, 0.05) is 20.1 Å². The second-order valence-corrected chi connectivity index (χ2v) is 7.87. The van der Waals surface area contributed by atoms with Gasteiger partial charge in [-0.3, -0.25) is 4.79 Å². The molecule has 0 bridgehead atoms. The third kappa shape index (κ3) is 3.84. The van der Waals surface area contributed by atoms with Crippen molar-refractivity contribution < 1.29 is 9.21 Å². The quantitative estimate of drug-likeness (QED) is 0.356. The Morgan fingerprint density at radius 2 is 1.59 bits per heavy atom. The van der Waals surface area contributed by atoms with Gasteiger partial charge in [0.25, 0.3) is 5.91 Å². The summed E-state index contributed by atoms with van der Waals surface area (Å²) in [6.45, 7) is 0.333. The molecule has 4 rings (SSSR count). The average molecular weight is 485 g/mol. The van der Waals surface area contributed by atoms with Crippen LogP contribution in [-0.2, 0) is 6.54 Å². The molecule has 27 heavy (non-hydrogen) atoms. The summed E-state index contributed by atoms with van der Waals surface area (Å²) >= 11 is 6.96. The van der Waals surface area contributed by atoms with Crippen LogP contribution in [0.2, 0.25) is 0 Å². The molecule has 4 aromatic rings. The summed E-state index contributed by atoms with van der Waals surface area (Å²) in [6, 6.07) is 23.3. The Morgan fingerprint density at radius 3 is 2.41 bits per heavy atom. The third-order valence-electron chi connectivity index (χ3n) is 4.33. The van der Waals surface area contributed by atoms with Gasteiger partial charge in [-0.25, -0.2) is 0 Å². The number of hydrogen-bond acceptors (Lipinski definition) is 2. The van der Waals surface area contributed by atoms with E-state index in [0.717, 1.165) is 31.0 Å². The van der Waals surface area contributed by atoms with Gasteiger partial charge in [-0.1, -0.05) is 68.3 Å². The van der Waals surface area contributed by atoms with Gasteiger partial charge >= 0.3 is 0 Å². The van der Waals surface area contributed by atoms with E-state index in [0.29, 0.717) is 17.9 Å². The van der Waals surface area contributed by atoms with Gasteiger partial charge in [-0.15, -0.1) is 0 Å². The van der Waals surface area contributed by atoms with Crippen molar-refractivity contribution in [1.29, 1.82) is 0 Å². The molecule has 0 atom stereocenters. The number of hydrogen-bond donors (Lipinski definition) is 1. The number of carbonyl (C=O) groups is 1. The number of carbonyl (C=O) groups excluding carboxylic acids is 1. The van der Waals surface area contributed by atoms with Crippen molar-refractivity contribution in [3.63, 3.8) is 0 Å². The Balaban J connectivity index is 1.50. The number of furan rings is 1. The fourth-order valence-electron chi connectivity index (χ4n) is 2.97. The van der Waals surface area contributed by atoms with Crippen LogP contribution in [0.15, 0.2) is 86.2 Å². The zero-order valence-corrected chi connectivity index (χ0v) is 17.4. The number of benzene rings is 3. The maximum Gasteiger partial charge on any atom is 0.252 e. The smallest absolute Gasteiger partial charge is 0.252 e. The van der Waals surface area contributed by atoms with Crippen LogP contribution in [0.1, 0.15) is 16.1 Å². The van der Waals surface area contributed by atoms with Crippen molar-refractivity contribution in [3.05, 3.63) is 93.1 Å². The Morgan fingerprint density at radius 1 is 0.852 bits per heavy atom. The fourth-order valence-corrected chi connectivity index (χ4v) is 3.74. The molecule has 3 aromatic carbocycles. The summed E-state index contributed by atoms with van der Waals surface area (Å²) < 4.78 is 7.86. The Labute approximate surface area is 173 Å². The van der Waals surface area contributed by atoms with Gasteiger partial charge in [-0.05, 0) is 47.2 Å². The lowest BCUT2D eigenvalue weighted by Gasteiger charge is -2.08. The van der Waals surface area contributed by atoms with Gasteiger partial charge in [-0.2, -0.15) is 0 Å². The average Bonchev–Trinajstić information content (AvgIpc) is 3.16.